The van der Waals surface area contributed by atoms with E-state index >= 15 is 0 Å². The van der Waals surface area contributed by atoms with Crippen LogP contribution < -0.4 is 10.6 Å². The topological polar surface area (TPSA) is 33.3 Å². The Kier molecular flexibility index (Phi) is 9.06. The van der Waals surface area contributed by atoms with Crippen LogP contribution in [0.25, 0.3) is 0 Å². The first kappa shape index (κ1) is 14.9. The van der Waals surface area contributed by atoms with Gasteiger partial charge in [-0.2, -0.15) is 0 Å². The van der Waals surface area contributed by atoms with Gasteiger partial charge in [-0.3, -0.25) is 0 Å². The Hall–Kier alpha value is -0.120. The zero-order chi connectivity index (χ0) is 11.7. The summed E-state index contributed by atoms with van der Waals surface area (Å²) in [5.74, 6) is 0. The molecule has 0 saturated carbocycles. The van der Waals surface area contributed by atoms with Gasteiger partial charge in [-0.15, -0.1) is 0 Å². The first-order chi connectivity index (χ1) is 7.13. The summed E-state index contributed by atoms with van der Waals surface area (Å²) in [6.45, 7) is 10.7. The predicted octanol–water partition coefficient (Wildman–Crippen LogP) is 1.78. The molecule has 0 spiro atoms. The van der Waals surface area contributed by atoms with Crippen molar-refractivity contribution in [3.05, 3.63) is 0 Å². The summed E-state index contributed by atoms with van der Waals surface area (Å²) in [5, 5.41) is 7.01. The van der Waals surface area contributed by atoms with Crippen molar-refractivity contribution in [3.8, 4) is 0 Å². The van der Waals surface area contributed by atoms with Crippen molar-refractivity contribution in [2.75, 3.05) is 20.2 Å². The normalized spacial score (nSPS) is 15.6. The number of nitrogens with one attached hydrogen (secondary N) is 2. The van der Waals surface area contributed by atoms with Gasteiger partial charge in [-0.1, -0.05) is 13.8 Å². The largest absolute Gasteiger partial charge is 0.380 e. The van der Waals surface area contributed by atoms with Crippen LogP contribution in [0.2, 0.25) is 0 Å². The van der Waals surface area contributed by atoms with Gasteiger partial charge in [0.05, 0.1) is 6.10 Å². The Morgan fingerprint density at radius 2 is 1.60 bits per heavy atom. The Labute approximate surface area is 95.0 Å². The van der Waals surface area contributed by atoms with Crippen LogP contribution in [0.3, 0.4) is 0 Å². The van der Waals surface area contributed by atoms with Gasteiger partial charge in [0.2, 0.25) is 0 Å². The fourth-order valence-corrected chi connectivity index (χ4v) is 1.44. The molecule has 0 rings (SSSR count). The van der Waals surface area contributed by atoms with E-state index in [2.05, 4.69) is 38.3 Å². The van der Waals surface area contributed by atoms with Gasteiger partial charge in [-0.25, -0.2) is 0 Å². The minimum Gasteiger partial charge on any atom is -0.380 e. The van der Waals surface area contributed by atoms with Gasteiger partial charge in [0, 0.05) is 32.3 Å². The average molecular weight is 216 g/mol. The summed E-state index contributed by atoms with van der Waals surface area (Å²) < 4.78 is 5.19. The highest BCUT2D eigenvalue weighted by atomic mass is 16.5. The predicted molar refractivity (Wildman–Crippen MR) is 66.3 cm³/mol. The van der Waals surface area contributed by atoms with Crippen molar-refractivity contribution in [1.29, 1.82) is 0 Å². The van der Waals surface area contributed by atoms with E-state index in [-0.39, 0.29) is 0 Å². The highest BCUT2D eigenvalue weighted by Gasteiger charge is 2.07. The molecule has 0 amide bonds. The van der Waals surface area contributed by atoms with Crippen LogP contribution in [0.1, 0.15) is 40.5 Å². The van der Waals surface area contributed by atoms with Crippen LogP contribution in [0.4, 0.5) is 0 Å². The summed E-state index contributed by atoms with van der Waals surface area (Å²) in [4.78, 5) is 0. The molecule has 0 aromatic carbocycles. The molecule has 2 atom stereocenters. The minimum absolute atomic E-state index is 0.292. The van der Waals surface area contributed by atoms with E-state index in [1.54, 1.807) is 7.11 Å². The van der Waals surface area contributed by atoms with Crippen LogP contribution >= 0.6 is 0 Å². The molecule has 92 valence electrons. The second kappa shape index (κ2) is 9.13. The van der Waals surface area contributed by atoms with Crippen LogP contribution in [0.15, 0.2) is 0 Å². The second-order valence-electron chi connectivity index (χ2n) is 4.28. The monoisotopic (exact) mass is 216 g/mol. The molecule has 3 heteroatoms. The Balaban J connectivity index is 3.51. The Bertz CT molecular complexity index is 138. The molecule has 0 radical (unpaired) electrons. The maximum absolute atomic E-state index is 5.19. The van der Waals surface area contributed by atoms with Crippen molar-refractivity contribution >= 4 is 0 Å². The molecule has 0 heterocycles. The third-order valence-corrected chi connectivity index (χ3v) is 2.85. The van der Waals surface area contributed by atoms with Gasteiger partial charge in [0.1, 0.15) is 0 Å². The first-order valence-corrected chi connectivity index (χ1v) is 6.13. The van der Waals surface area contributed by atoms with E-state index in [0.29, 0.717) is 18.2 Å². The van der Waals surface area contributed by atoms with Crippen molar-refractivity contribution in [1.82, 2.24) is 10.6 Å². The summed E-state index contributed by atoms with van der Waals surface area (Å²) in [5.41, 5.74) is 0. The molecular weight excluding hydrogens is 188 g/mol. The highest BCUT2D eigenvalue weighted by Crippen LogP contribution is 1.96. The van der Waals surface area contributed by atoms with Crippen LogP contribution in [-0.2, 0) is 4.74 Å². The van der Waals surface area contributed by atoms with Gasteiger partial charge in [0.15, 0.2) is 0 Å². The third-order valence-electron chi connectivity index (χ3n) is 2.85. The molecule has 0 fully saturated rings. The molecular formula is C12H28N2O. The number of hydrogen-bond donors (Lipinski definition) is 2. The maximum atomic E-state index is 5.19. The number of ether oxygens (including phenoxy) is 1. The van der Waals surface area contributed by atoms with E-state index < -0.39 is 0 Å². The Morgan fingerprint density at radius 3 is 2.07 bits per heavy atom. The van der Waals surface area contributed by atoms with Crippen molar-refractivity contribution < 1.29 is 4.74 Å². The molecule has 0 saturated heterocycles. The smallest absolute Gasteiger partial charge is 0.0667 e. The molecule has 0 aliphatic carbocycles. The van der Waals surface area contributed by atoms with Gasteiger partial charge in [0.25, 0.3) is 0 Å². The van der Waals surface area contributed by atoms with Gasteiger partial charge >= 0.3 is 0 Å². The maximum Gasteiger partial charge on any atom is 0.0667 e. The molecule has 2 unspecified atom stereocenters. The number of methoxy groups -OCH3 is 1. The minimum atomic E-state index is 0.292. The van der Waals surface area contributed by atoms with Crippen LogP contribution in [0, 0.1) is 0 Å². The molecule has 0 aliphatic heterocycles. The van der Waals surface area contributed by atoms with E-state index in [1.165, 1.54) is 12.8 Å². The lowest BCUT2D eigenvalue weighted by Crippen LogP contribution is -2.42. The standard InChI is InChI=1S/C12H28N2O/c1-6-12(7-2)14-8-10(3)13-9-11(4)15-5/h10-14H,6-9H2,1-5H3. The van der Waals surface area contributed by atoms with Crippen LogP contribution in [-0.4, -0.2) is 38.4 Å². The summed E-state index contributed by atoms with van der Waals surface area (Å²) in [6.07, 6.45) is 2.70. The van der Waals surface area contributed by atoms with Crippen molar-refractivity contribution in [3.63, 3.8) is 0 Å². The molecule has 3 nitrogen and oxygen atoms in total. The Morgan fingerprint density at radius 1 is 1.00 bits per heavy atom. The summed E-state index contributed by atoms with van der Waals surface area (Å²) >= 11 is 0. The lowest BCUT2D eigenvalue weighted by molar-refractivity contribution is 0.114. The van der Waals surface area contributed by atoms with E-state index in [9.17, 15) is 0 Å². The molecule has 2 N–H and O–H groups in total. The van der Waals surface area contributed by atoms with E-state index in [0.717, 1.165) is 13.1 Å². The molecule has 0 bridgehead atoms. The summed E-state index contributed by atoms with van der Waals surface area (Å²) in [6, 6.07) is 1.16. The van der Waals surface area contributed by atoms with Crippen LogP contribution in [0.5, 0.6) is 0 Å². The SMILES string of the molecule is CCC(CC)NCC(C)NCC(C)OC. The quantitative estimate of drug-likeness (QED) is 0.616. The fraction of sp³-hybridized carbons (Fsp3) is 1.00. The lowest BCUT2D eigenvalue weighted by Gasteiger charge is -2.21. The number of hydrogen-bond acceptors (Lipinski definition) is 3. The molecule has 0 aromatic rings. The zero-order valence-corrected chi connectivity index (χ0v) is 11.0. The van der Waals surface area contributed by atoms with Crippen molar-refractivity contribution in [2.24, 2.45) is 0 Å². The molecule has 15 heavy (non-hydrogen) atoms. The third kappa shape index (κ3) is 7.77. The van der Waals surface area contributed by atoms with Crippen molar-refractivity contribution in [2.45, 2.75) is 58.7 Å². The second-order valence-corrected chi connectivity index (χ2v) is 4.28. The van der Waals surface area contributed by atoms with E-state index in [4.69, 9.17) is 4.74 Å². The number of rotatable bonds is 9. The molecule has 0 aliphatic rings. The zero-order valence-electron chi connectivity index (χ0n) is 11.0. The lowest BCUT2D eigenvalue weighted by atomic mass is 10.1. The summed E-state index contributed by atoms with van der Waals surface area (Å²) in [7, 11) is 1.75. The molecule has 0 aromatic heterocycles. The first-order valence-electron chi connectivity index (χ1n) is 6.13. The van der Waals surface area contributed by atoms with E-state index in [1.807, 2.05) is 0 Å². The fourth-order valence-electron chi connectivity index (χ4n) is 1.44. The van der Waals surface area contributed by atoms with Gasteiger partial charge in [-0.05, 0) is 26.7 Å². The van der Waals surface area contributed by atoms with Gasteiger partial charge < -0.3 is 15.4 Å². The average Bonchev–Trinajstić information content (AvgIpc) is 2.27. The highest BCUT2D eigenvalue weighted by molar-refractivity contribution is 4.70.